The van der Waals surface area contributed by atoms with E-state index in [1.54, 1.807) is 61.6 Å². The highest BCUT2D eigenvalue weighted by molar-refractivity contribution is 5.88. The van der Waals surface area contributed by atoms with Crippen LogP contribution in [0.15, 0.2) is 6.20 Å². The number of carbonyl (C=O) groups excluding carboxylic acids is 2. The second kappa shape index (κ2) is 9.63. The van der Waals surface area contributed by atoms with Crippen molar-refractivity contribution in [2.75, 3.05) is 26.7 Å². The van der Waals surface area contributed by atoms with Gasteiger partial charge >= 0.3 is 18.3 Å². The molecule has 0 atom stereocenters. The molecule has 1 aromatic heterocycles. The van der Waals surface area contributed by atoms with Crippen molar-refractivity contribution in [3.63, 3.8) is 0 Å². The van der Waals surface area contributed by atoms with Crippen LogP contribution in [0, 0.1) is 0 Å². The fourth-order valence-electron chi connectivity index (χ4n) is 3.31. The van der Waals surface area contributed by atoms with Gasteiger partial charge in [0.05, 0.1) is 19.0 Å². The molecule has 1 aliphatic heterocycles. The molecule has 0 aliphatic carbocycles. The molecule has 0 saturated carbocycles. The van der Waals surface area contributed by atoms with E-state index in [9.17, 15) is 14.4 Å². The number of aromatic nitrogens is 2. The van der Waals surface area contributed by atoms with Gasteiger partial charge in [-0.25, -0.2) is 29.3 Å². The third-order valence-corrected chi connectivity index (χ3v) is 4.94. The van der Waals surface area contributed by atoms with Crippen LogP contribution in [-0.4, -0.2) is 81.1 Å². The zero-order valence-electron chi connectivity index (χ0n) is 21.5. The molecular weight excluding hydrogens is 444 g/mol. The Balaban J connectivity index is 2.38. The van der Waals surface area contributed by atoms with Crippen LogP contribution in [0.2, 0.25) is 0 Å². The highest BCUT2D eigenvalue weighted by atomic mass is 16.6. The topological polar surface area (TPSA) is 131 Å². The van der Waals surface area contributed by atoms with Crippen LogP contribution in [0.4, 0.5) is 14.4 Å². The van der Waals surface area contributed by atoms with Gasteiger partial charge in [-0.15, -0.1) is 0 Å². The summed E-state index contributed by atoms with van der Waals surface area (Å²) in [5.41, 5.74) is -1.50. The van der Waals surface area contributed by atoms with E-state index >= 15 is 0 Å². The lowest BCUT2D eigenvalue weighted by molar-refractivity contribution is -0.00220. The molecule has 2 heterocycles. The minimum Gasteiger partial charge on any atom is -0.480 e. The maximum absolute atomic E-state index is 13.0. The molecule has 190 valence electrons. The molecule has 1 N–H and O–H groups in total. The summed E-state index contributed by atoms with van der Waals surface area (Å²) in [5, 5.41) is 9.10. The first-order chi connectivity index (χ1) is 15.4. The fraction of sp³-hybridized carbons (Fsp3) is 0.696. The van der Waals surface area contributed by atoms with E-state index in [-0.39, 0.29) is 18.3 Å². The van der Waals surface area contributed by atoms with Gasteiger partial charge < -0.3 is 24.2 Å². The Bertz CT molecular complexity index is 900. The number of hydrogen-bond donors (Lipinski definition) is 1. The molecule has 3 amide bonds. The summed E-state index contributed by atoms with van der Waals surface area (Å²) in [6.07, 6.45) is -1.10. The van der Waals surface area contributed by atoms with Gasteiger partial charge in [0.2, 0.25) is 5.88 Å². The Morgan fingerprint density at radius 1 is 1.03 bits per heavy atom. The second-order valence-electron chi connectivity index (χ2n) is 11.0. The van der Waals surface area contributed by atoms with Crippen LogP contribution in [0.25, 0.3) is 0 Å². The minimum absolute atomic E-state index is 0.100. The third kappa shape index (κ3) is 6.94. The van der Waals surface area contributed by atoms with Crippen molar-refractivity contribution < 1.29 is 33.7 Å². The first-order valence-corrected chi connectivity index (χ1v) is 11.1. The number of ether oxygens (including phenoxy) is 3. The average Bonchev–Trinajstić information content (AvgIpc) is 2.61. The van der Waals surface area contributed by atoms with Crippen LogP contribution in [-0.2, 0) is 14.9 Å². The van der Waals surface area contributed by atoms with Gasteiger partial charge in [-0.2, -0.15) is 0 Å². The molecule has 0 bridgehead atoms. The van der Waals surface area contributed by atoms with E-state index < -0.39 is 34.9 Å². The van der Waals surface area contributed by atoms with Crippen molar-refractivity contribution >= 4 is 18.3 Å². The maximum atomic E-state index is 13.0. The Labute approximate surface area is 200 Å². The SMILES string of the molecule is COc1ncc(C2CN(C(=O)O)C2)nc1C(C)(C)CN(C(=O)OC(C)(C)C)C(=O)OC(C)(C)C. The summed E-state index contributed by atoms with van der Waals surface area (Å²) in [6, 6.07) is 0. The summed E-state index contributed by atoms with van der Waals surface area (Å²) >= 11 is 0. The predicted molar refractivity (Wildman–Crippen MR) is 123 cm³/mol. The molecule has 0 radical (unpaired) electrons. The van der Waals surface area contributed by atoms with E-state index in [1.165, 1.54) is 12.0 Å². The van der Waals surface area contributed by atoms with Crippen LogP contribution >= 0.6 is 0 Å². The molecule has 1 aromatic rings. The summed E-state index contributed by atoms with van der Waals surface area (Å²) < 4.78 is 16.3. The number of rotatable bonds is 5. The molecule has 1 saturated heterocycles. The lowest BCUT2D eigenvalue weighted by Crippen LogP contribution is -2.49. The molecule has 34 heavy (non-hydrogen) atoms. The van der Waals surface area contributed by atoms with Gasteiger partial charge in [-0.05, 0) is 41.5 Å². The van der Waals surface area contributed by atoms with Crippen LogP contribution < -0.4 is 4.74 Å². The molecule has 2 rings (SSSR count). The standard InChI is InChI=1S/C23H36N4O7/c1-21(2,3)33-19(30)27(20(31)34-22(4,5)6)13-23(7,8)16-17(32-9)24-10-15(25-16)14-11-26(12-14)18(28)29/h10,14H,11-13H2,1-9H3,(H,28,29). The molecule has 0 aromatic carbocycles. The largest absolute Gasteiger partial charge is 0.480 e. The molecule has 1 fully saturated rings. The number of imide groups is 1. The van der Waals surface area contributed by atoms with Gasteiger partial charge in [0, 0.05) is 31.0 Å². The first kappa shape index (κ1) is 27.1. The highest BCUT2D eigenvalue weighted by Gasteiger charge is 2.40. The number of nitrogens with zero attached hydrogens (tertiary/aromatic N) is 4. The van der Waals surface area contributed by atoms with Gasteiger partial charge in [0.1, 0.15) is 16.9 Å². The zero-order valence-corrected chi connectivity index (χ0v) is 21.5. The number of carboxylic acid groups (broad SMARTS) is 1. The molecule has 11 heteroatoms. The fourth-order valence-corrected chi connectivity index (χ4v) is 3.31. The van der Waals surface area contributed by atoms with Crippen molar-refractivity contribution in [2.24, 2.45) is 0 Å². The van der Waals surface area contributed by atoms with Gasteiger partial charge in [-0.1, -0.05) is 13.8 Å². The third-order valence-electron chi connectivity index (χ3n) is 4.94. The van der Waals surface area contributed by atoms with Gasteiger partial charge in [0.15, 0.2) is 0 Å². The molecule has 0 spiro atoms. The Morgan fingerprint density at radius 3 is 1.94 bits per heavy atom. The lowest BCUT2D eigenvalue weighted by atomic mass is 9.87. The van der Waals surface area contributed by atoms with E-state index in [0.29, 0.717) is 24.5 Å². The van der Waals surface area contributed by atoms with Crippen molar-refractivity contribution in [3.8, 4) is 5.88 Å². The van der Waals surface area contributed by atoms with Crippen LogP contribution in [0.5, 0.6) is 5.88 Å². The van der Waals surface area contributed by atoms with Gasteiger partial charge in [0.25, 0.3) is 0 Å². The van der Waals surface area contributed by atoms with Crippen molar-refractivity contribution in [3.05, 3.63) is 17.6 Å². The van der Waals surface area contributed by atoms with Crippen molar-refractivity contribution in [2.45, 2.75) is 77.9 Å². The first-order valence-electron chi connectivity index (χ1n) is 11.1. The van der Waals surface area contributed by atoms with E-state index in [1.807, 2.05) is 0 Å². The van der Waals surface area contributed by atoms with E-state index in [2.05, 4.69) is 4.98 Å². The highest BCUT2D eigenvalue weighted by Crippen LogP contribution is 2.33. The predicted octanol–water partition coefficient (Wildman–Crippen LogP) is 4.01. The number of methoxy groups -OCH3 is 1. The summed E-state index contributed by atoms with van der Waals surface area (Å²) in [6.45, 7) is 14.4. The van der Waals surface area contributed by atoms with Crippen molar-refractivity contribution in [1.82, 2.24) is 19.8 Å². The maximum Gasteiger partial charge on any atom is 0.419 e. The lowest BCUT2D eigenvalue weighted by Gasteiger charge is -2.37. The number of hydrogen-bond acceptors (Lipinski definition) is 8. The van der Waals surface area contributed by atoms with Crippen LogP contribution in [0.1, 0.15) is 72.7 Å². The summed E-state index contributed by atoms with van der Waals surface area (Å²) in [5.74, 6) is 0.147. The molecule has 11 nitrogen and oxygen atoms in total. The van der Waals surface area contributed by atoms with E-state index in [0.717, 1.165) is 4.90 Å². The summed E-state index contributed by atoms with van der Waals surface area (Å²) in [4.78, 5) is 48.3. The average molecular weight is 481 g/mol. The zero-order chi connectivity index (χ0) is 26.1. The quantitative estimate of drug-likeness (QED) is 0.664. The second-order valence-corrected chi connectivity index (χ2v) is 11.0. The number of amides is 3. The number of likely N-dealkylation sites (tertiary alicyclic amines) is 1. The Kier molecular flexibility index (Phi) is 7.69. The molecule has 0 unspecified atom stereocenters. The Morgan fingerprint density at radius 2 is 1.53 bits per heavy atom. The minimum atomic E-state index is -0.983. The van der Waals surface area contributed by atoms with Crippen LogP contribution in [0.3, 0.4) is 0 Å². The van der Waals surface area contributed by atoms with Crippen molar-refractivity contribution in [1.29, 1.82) is 0 Å². The smallest absolute Gasteiger partial charge is 0.419 e. The van der Waals surface area contributed by atoms with Gasteiger partial charge in [-0.3, -0.25) is 0 Å². The number of carbonyl (C=O) groups is 3. The normalized spacial score (nSPS) is 14.8. The molecule has 1 aliphatic rings. The van der Waals surface area contributed by atoms with E-state index in [4.69, 9.17) is 24.3 Å². The monoisotopic (exact) mass is 480 g/mol. The summed E-state index contributed by atoms with van der Waals surface area (Å²) in [7, 11) is 1.46. The molecular formula is C23H36N4O7. The Hall–Kier alpha value is -3.11.